The Morgan fingerprint density at radius 1 is 1.50 bits per heavy atom. The van der Waals surface area contributed by atoms with Crippen molar-refractivity contribution < 1.29 is 14.7 Å². The zero-order valence-corrected chi connectivity index (χ0v) is 12.0. The molecule has 2 N–H and O–H groups in total. The van der Waals surface area contributed by atoms with Crippen molar-refractivity contribution in [1.82, 2.24) is 0 Å². The van der Waals surface area contributed by atoms with Gasteiger partial charge in [-0.1, -0.05) is 6.92 Å². The van der Waals surface area contributed by atoms with E-state index in [0.29, 0.717) is 16.5 Å². The number of carbonyl (C=O) groups excluding carboxylic acids is 1. The van der Waals surface area contributed by atoms with E-state index in [1.807, 2.05) is 0 Å². The molecule has 1 aliphatic carbocycles. The van der Waals surface area contributed by atoms with Crippen LogP contribution in [-0.4, -0.2) is 17.0 Å². The molecule has 0 radical (unpaired) electrons. The Bertz CT molecular complexity index is 586. The zero-order valence-electron chi connectivity index (χ0n) is 11.2. The van der Waals surface area contributed by atoms with Crippen LogP contribution in [0.25, 0.3) is 0 Å². The number of nitrogens with one attached hydrogen (secondary N) is 1. The Morgan fingerprint density at radius 3 is 2.90 bits per heavy atom. The Morgan fingerprint density at radius 2 is 2.25 bits per heavy atom. The third-order valence-electron chi connectivity index (χ3n) is 3.49. The summed E-state index contributed by atoms with van der Waals surface area (Å²) in [5, 5.41) is 21.1. The molecule has 0 aromatic carbocycles. The van der Waals surface area contributed by atoms with E-state index in [0.717, 1.165) is 24.8 Å². The van der Waals surface area contributed by atoms with Crippen molar-refractivity contribution in [1.29, 1.82) is 5.26 Å². The molecule has 1 heterocycles. The Balaban J connectivity index is 2.19. The number of nitrogens with zero attached hydrogens (tertiary/aromatic N) is 1. The van der Waals surface area contributed by atoms with Gasteiger partial charge in [-0.2, -0.15) is 5.26 Å². The number of thiophene rings is 1. The summed E-state index contributed by atoms with van der Waals surface area (Å²) in [5.41, 5.74) is 1.62. The Labute approximate surface area is 121 Å². The number of fused-ring (bicyclic) bond motifs is 1. The van der Waals surface area contributed by atoms with Gasteiger partial charge in [0.2, 0.25) is 5.91 Å². The minimum Gasteiger partial charge on any atom is -0.481 e. The largest absolute Gasteiger partial charge is 0.481 e. The van der Waals surface area contributed by atoms with Crippen LogP contribution < -0.4 is 5.32 Å². The molecule has 5 nitrogen and oxygen atoms in total. The fraction of sp³-hybridized carbons (Fsp3) is 0.500. The van der Waals surface area contributed by atoms with E-state index in [9.17, 15) is 14.9 Å². The smallest absolute Gasteiger partial charge is 0.303 e. The van der Waals surface area contributed by atoms with Gasteiger partial charge < -0.3 is 10.4 Å². The lowest BCUT2D eigenvalue weighted by atomic mass is 9.87. The van der Waals surface area contributed by atoms with Crippen LogP contribution >= 0.6 is 11.3 Å². The van der Waals surface area contributed by atoms with Crippen LogP contribution in [0.2, 0.25) is 0 Å². The summed E-state index contributed by atoms with van der Waals surface area (Å²) in [6, 6.07) is 2.18. The van der Waals surface area contributed by atoms with Gasteiger partial charge in [0.1, 0.15) is 11.1 Å². The molecule has 0 saturated carbocycles. The molecule has 1 aromatic heterocycles. The average molecular weight is 292 g/mol. The van der Waals surface area contributed by atoms with Gasteiger partial charge in [-0.15, -0.1) is 11.3 Å². The maximum atomic E-state index is 11.7. The molecule has 1 aliphatic rings. The Hall–Kier alpha value is -1.87. The molecule has 0 fully saturated rings. The predicted octanol–water partition coefficient (Wildman–Crippen LogP) is 2.86. The summed E-state index contributed by atoms with van der Waals surface area (Å²) in [5.74, 6) is -1.01. The Kier molecular flexibility index (Phi) is 4.40. The molecular formula is C14H16N2O3S. The van der Waals surface area contributed by atoms with E-state index in [1.54, 1.807) is 0 Å². The fourth-order valence-electron chi connectivity index (χ4n) is 2.52. The lowest BCUT2D eigenvalue weighted by molar-refractivity contribution is -0.138. The van der Waals surface area contributed by atoms with E-state index in [2.05, 4.69) is 18.3 Å². The summed E-state index contributed by atoms with van der Waals surface area (Å²) in [4.78, 5) is 23.3. The number of aryl methyl sites for hydroxylation is 1. The maximum Gasteiger partial charge on any atom is 0.303 e. The standard InChI is InChI=1S/C14H16N2O3S/c1-8-3-2-4-10-13(8)9(7-15)14(20-10)16-11(17)5-6-12(18)19/h8H,2-6H2,1H3,(H,16,17)(H,18,19)/t8-/m1/s1. The molecule has 0 bridgehead atoms. The van der Waals surface area contributed by atoms with Crippen molar-refractivity contribution in [3.63, 3.8) is 0 Å². The van der Waals surface area contributed by atoms with Crippen LogP contribution in [0, 0.1) is 11.3 Å². The SMILES string of the molecule is C[C@@H]1CCCc2sc(NC(=O)CCC(=O)O)c(C#N)c21. The molecule has 20 heavy (non-hydrogen) atoms. The van der Waals surface area contributed by atoms with E-state index in [4.69, 9.17) is 5.11 Å². The summed E-state index contributed by atoms with van der Waals surface area (Å²) < 4.78 is 0. The van der Waals surface area contributed by atoms with Gasteiger partial charge in [-0.3, -0.25) is 9.59 Å². The highest BCUT2D eigenvalue weighted by atomic mass is 32.1. The van der Waals surface area contributed by atoms with Crippen LogP contribution in [0.3, 0.4) is 0 Å². The number of amides is 1. The van der Waals surface area contributed by atoms with E-state index < -0.39 is 5.97 Å². The molecule has 1 aromatic rings. The average Bonchev–Trinajstić information content (AvgIpc) is 2.75. The third kappa shape index (κ3) is 2.99. The monoisotopic (exact) mass is 292 g/mol. The molecular weight excluding hydrogens is 276 g/mol. The van der Waals surface area contributed by atoms with Crippen LogP contribution in [0.15, 0.2) is 0 Å². The third-order valence-corrected chi connectivity index (χ3v) is 4.67. The summed E-state index contributed by atoms with van der Waals surface area (Å²) >= 11 is 1.45. The van der Waals surface area contributed by atoms with Crippen LogP contribution in [0.1, 0.15) is 54.5 Å². The van der Waals surface area contributed by atoms with E-state index >= 15 is 0 Å². The first-order valence-electron chi connectivity index (χ1n) is 6.60. The topological polar surface area (TPSA) is 90.2 Å². The number of nitriles is 1. The molecule has 1 atom stereocenters. The van der Waals surface area contributed by atoms with Crippen LogP contribution in [-0.2, 0) is 16.0 Å². The number of anilines is 1. The molecule has 2 rings (SSSR count). The van der Waals surface area contributed by atoms with E-state index in [1.165, 1.54) is 16.2 Å². The molecule has 106 valence electrons. The van der Waals surface area contributed by atoms with Gasteiger partial charge in [0.25, 0.3) is 0 Å². The van der Waals surface area contributed by atoms with Crippen molar-refractivity contribution in [2.24, 2.45) is 0 Å². The first-order valence-corrected chi connectivity index (χ1v) is 7.42. The van der Waals surface area contributed by atoms with Crippen LogP contribution in [0.4, 0.5) is 5.00 Å². The second kappa shape index (κ2) is 6.06. The lowest BCUT2D eigenvalue weighted by Crippen LogP contribution is -2.13. The van der Waals surface area contributed by atoms with Gasteiger partial charge in [-0.25, -0.2) is 0 Å². The minimum atomic E-state index is -1.00. The van der Waals surface area contributed by atoms with Crippen molar-refractivity contribution in [3.05, 3.63) is 16.0 Å². The second-order valence-electron chi connectivity index (χ2n) is 4.99. The molecule has 1 amide bonds. The van der Waals surface area contributed by atoms with Gasteiger partial charge in [0.15, 0.2) is 0 Å². The fourth-order valence-corrected chi connectivity index (χ4v) is 3.85. The number of rotatable bonds is 4. The van der Waals surface area contributed by atoms with Gasteiger partial charge in [0, 0.05) is 11.3 Å². The number of hydrogen-bond acceptors (Lipinski definition) is 4. The van der Waals surface area contributed by atoms with Crippen LogP contribution in [0.5, 0.6) is 0 Å². The molecule has 0 spiro atoms. The van der Waals surface area contributed by atoms with Crippen molar-refractivity contribution >= 4 is 28.2 Å². The first kappa shape index (κ1) is 14.5. The summed E-state index contributed by atoms with van der Waals surface area (Å²) in [6.07, 6.45) is 2.84. The predicted molar refractivity (Wildman–Crippen MR) is 75.9 cm³/mol. The van der Waals surface area contributed by atoms with Crippen molar-refractivity contribution in [3.8, 4) is 6.07 Å². The number of carboxylic acid groups (broad SMARTS) is 1. The zero-order chi connectivity index (χ0) is 14.7. The second-order valence-corrected chi connectivity index (χ2v) is 6.10. The molecule has 0 unspecified atom stereocenters. The number of carboxylic acids is 1. The molecule has 0 aliphatic heterocycles. The highest BCUT2D eigenvalue weighted by molar-refractivity contribution is 7.16. The maximum absolute atomic E-state index is 11.7. The normalized spacial score (nSPS) is 17.1. The van der Waals surface area contributed by atoms with E-state index in [-0.39, 0.29) is 18.7 Å². The number of carbonyl (C=O) groups is 2. The van der Waals surface area contributed by atoms with Gasteiger partial charge in [-0.05, 0) is 30.7 Å². The van der Waals surface area contributed by atoms with Gasteiger partial charge >= 0.3 is 5.97 Å². The van der Waals surface area contributed by atoms with Crippen molar-refractivity contribution in [2.45, 2.75) is 44.9 Å². The van der Waals surface area contributed by atoms with Crippen molar-refractivity contribution in [2.75, 3.05) is 5.32 Å². The highest BCUT2D eigenvalue weighted by Crippen LogP contribution is 2.42. The molecule has 0 saturated heterocycles. The number of aliphatic carboxylic acids is 1. The van der Waals surface area contributed by atoms with Gasteiger partial charge in [0.05, 0.1) is 12.0 Å². The molecule has 6 heteroatoms. The summed E-state index contributed by atoms with van der Waals surface area (Å²) in [6.45, 7) is 2.10. The highest BCUT2D eigenvalue weighted by Gasteiger charge is 2.26. The minimum absolute atomic E-state index is 0.0711. The number of hydrogen-bond donors (Lipinski definition) is 2. The quantitative estimate of drug-likeness (QED) is 0.892. The first-order chi connectivity index (χ1) is 9.52. The lowest BCUT2D eigenvalue weighted by Gasteiger charge is -2.18. The summed E-state index contributed by atoms with van der Waals surface area (Å²) in [7, 11) is 0.